The van der Waals surface area contributed by atoms with Crippen molar-refractivity contribution in [2.45, 2.75) is 6.04 Å². The van der Waals surface area contributed by atoms with E-state index in [1.165, 1.54) is 6.07 Å². The summed E-state index contributed by atoms with van der Waals surface area (Å²) < 4.78 is 5.28. The number of hydrogen-bond donors (Lipinski definition) is 3. The molecule has 0 aromatic heterocycles. The fourth-order valence-corrected chi connectivity index (χ4v) is 2.15. The van der Waals surface area contributed by atoms with Crippen LogP contribution in [0.2, 0.25) is 0 Å². The SMILES string of the molecule is Nc1cccc(C(=O)O)c1N1CCOCC1CO. The molecule has 0 saturated carbocycles. The highest BCUT2D eigenvalue weighted by Gasteiger charge is 2.27. The summed E-state index contributed by atoms with van der Waals surface area (Å²) in [5.41, 5.74) is 6.89. The van der Waals surface area contributed by atoms with Crippen LogP contribution in [-0.4, -0.2) is 48.6 Å². The van der Waals surface area contributed by atoms with Crippen LogP contribution in [0.1, 0.15) is 10.4 Å². The molecule has 1 aromatic rings. The van der Waals surface area contributed by atoms with Gasteiger partial charge in [0.05, 0.1) is 42.8 Å². The minimum absolute atomic E-state index is 0.104. The van der Waals surface area contributed by atoms with Gasteiger partial charge in [-0.1, -0.05) is 6.07 Å². The number of nitrogens with two attached hydrogens (primary N) is 1. The summed E-state index contributed by atoms with van der Waals surface area (Å²) in [7, 11) is 0. The first-order chi connectivity index (χ1) is 8.65. The fourth-order valence-electron chi connectivity index (χ4n) is 2.15. The average molecular weight is 252 g/mol. The average Bonchev–Trinajstić information content (AvgIpc) is 2.38. The molecular formula is C12H16N2O4. The van der Waals surface area contributed by atoms with Crippen LogP contribution in [0.4, 0.5) is 11.4 Å². The van der Waals surface area contributed by atoms with Crippen molar-refractivity contribution in [3.05, 3.63) is 23.8 Å². The smallest absolute Gasteiger partial charge is 0.337 e. The number of aliphatic hydroxyl groups excluding tert-OH is 1. The number of morpholine rings is 1. The van der Waals surface area contributed by atoms with Crippen LogP contribution in [0.15, 0.2) is 18.2 Å². The summed E-state index contributed by atoms with van der Waals surface area (Å²) in [6, 6.07) is 4.52. The Kier molecular flexibility index (Phi) is 3.69. The third-order valence-corrected chi connectivity index (χ3v) is 3.02. The molecule has 2 rings (SSSR count). The van der Waals surface area contributed by atoms with Crippen LogP contribution < -0.4 is 10.6 Å². The van der Waals surface area contributed by atoms with Crippen molar-refractivity contribution in [3.8, 4) is 0 Å². The predicted octanol–water partition coefficient (Wildman–Crippen LogP) is 0.164. The van der Waals surface area contributed by atoms with Crippen molar-refractivity contribution in [1.29, 1.82) is 0 Å². The maximum absolute atomic E-state index is 11.2. The largest absolute Gasteiger partial charge is 0.478 e. The van der Waals surface area contributed by atoms with Crippen molar-refractivity contribution in [2.24, 2.45) is 0 Å². The van der Waals surface area contributed by atoms with Gasteiger partial charge >= 0.3 is 5.97 Å². The van der Waals surface area contributed by atoms with Gasteiger partial charge in [-0.3, -0.25) is 0 Å². The molecule has 98 valence electrons. The lowest BCUT2D eigenvalue weighted by atomic mass is 10.1. The van der Waals surface area contributed by atoms with Gasteiger partial charge < -0.3 is 25.6 Å². The Morgan fingerprint density at radius 3 is 3.00 bits per heavy atom. The number of ether oxygens (including phenoxy) is 1. The molecule has 0 spiro atoms. The van der Waals surface area contributed by atoms with E-state index in [9.17, 15) is 15.0 Å². The summed E-state index contributed by atoms with van der Waals surface area (Å²) in [4.78, 5) is 13.0. The van der Waals surface area contributed by atoms with Gasteiger partial charge in [-0.15, -0.1) is 0 Å². The maximum atomic E-state index is 11.2. The second-order valence-corrected chi connectivity index (χ2v) is 4.15. The van der Waals surface area contributed by atoms with Gasteiger partial charge in [0.2, 0.25) is 0 Å². The van der Waals surface area contributed by atoms with E-state index < -0.39 is 5.97 Å². The second-order valence-electron chi connectivity index (χ2n) is 4.15. The van der Waals surface area contributed by atoms with E-state index >= 15 is 0 Å². The monoisotopic (exact) mass is 252 g/mol. The number of anilines is 2. The van der Waals surface area contributed by atoms with E-state index in [1.54, 1.807) is 12.1 Å². The normalized spacial score (nSPS) is 19.8. The van der Waals surface area contributed by atoms with Crippen molar-refractivity contribution < 1.29 is 19.7 Å². The standard InChI is InChI=1S/C12H16N2O4/c13-10-3-1-2-9(12(16)17)11(10)14-4-5-18-7-8(14)6-15/h1-3,8,15H,4-7,13H2,(H,16,17). The van der Waals surface area contributed by atoms with Crippen molar-refractivity contribution in [1.82, 2.24) is 0 Å². The van der Waals surface area contributed by atoms with Gasteiger partial charge in [0.1, 0.15) is 0 Å². The Morgan fingerprint density at radius 1 is 1.56 bits per heavy atom. The maximum Gasteiger partial charge on any atom is 0.337 e. The Balaban J connectivity index is 2.44. The quantitative estimate of drug-likeness (QED) is 0.663. The van der Waals surface area contributed by atoms with Crippen LogP contribution in [0.5, 0.6) is 0 Å². The highest BCUT2D eigenvalue weighted by molar-refractivity contribution is 5.98. The molecule has 1 aliphatic heterocycles. The Hall–Kier alpha value is -1.79. The molecule has 0 amide bonds. The van der Waals surface area contributed by atoms with Gasteiger partial charge in [0, 0.05) is 6.54 Å². The van der Waals surface area contributed by atoms with Gasteiger partial charge in [-0.2, -0.15) is 0 Å². The first-order valence-corrected chi connectivity index (χ1v) is 5.72. The number of rotatable bonds is 3. The van der Waals surface area contributed by atoms with Gasteiger partial charge in [-0.05, 0) is 12.1 Å². The van der Waals surface area contributed by atoms with Crippen molar-refractivity contribution in [2.75, 3.05) is 37.0 Å². The zero-order valence-electron chi connectivity index (χ0n) is 9.87. The molecule has 4 N–H and O–H groups in total. The van der Waals surface area contributed by atoms with Gasteiger partial charge in [0.15, 0.2) is 0 Å². The molecule has 1 fully saturated rings. The number of hydrogen-bond acceptors (Lipinski definition) is 5. The van der Waals surface area contributed by atoms with Crippen LogP contribution in [0.3, 0.4) is 0 Å². The summed E-state index contributed by atoms with van der Waals surface area (Å²) in [5, 5.41) is 18.5. The molecule has 6 heteroatoms. The number of aromatic carboxylic acids is 1. The summed E-state index contributed by atoms with van der Waals surface area (Å²) >= 11 is 0. The Bertz CT molecular complexity index is 450. The minimum Gasteiger partial charge on any atom is -0.478 e. The number of carbonyl (C=O) groups is 1. The number of benzene rings is 1. The summed E-state index contributed by atoms with van der Waals surface area (Å²) in [6.45, 7) is 1.26. The molecule has 0 aliphatic carbocycles. The Labute approximate surface area is 105 Å². The first-order valence-electron chi connectivity index (χ1n) is 5.72. The lowest BCUT2D eigenvalue weighted by Crippen LogP contribution is -2.48. The van der Waals surface area contributed by atoms with Crippen molar-refractivity contribution in [3.63, 3.8) is 0 Å². The Morgan fingerprint density at radius 2 is 2.33 bits per heavy atom. The third kappa shape index (κ3) is 2.25. The van der Waals surface area contributed by atoms with E-state index in [0.29, 0.717) is 31.1 Å². The lowest BCUT2D eigenvalue weighted by Gasteiger charge is -2.37. The number of nitrogen functional groups attached to an aromatic ring is 1. The van der Waals surface area contributed by atoms with E-state index in [0.717, 1.165) is 0 Å². The van der Waals surface area contributed by atoms with Crippen LogP contribution in [0, 0.1) is 0 Å². The van der Waals surface area contributed by atoms with Crippen LogP contribution in [0.25, 0.3) is 0 Å². The third-order valence-electron chi connectivity index (χ3n) is 3.02. The molecule has 1 heterocycles. The zero-order valence-corrected chi connectivity index (χ0v) is 9.87. The molecule has 18 heavy (non-hydrogen) atoms. The molecule has 1 atom stereocenters. The molecule has 1 unspecified atom stereocenters. The predicted molar refractivity (Wildman–Crippen MR) is 66.9 cm³/mol. The number of carboxylic acid groups (broad SMARTS) is 1. The number of aliphatic hydroxyl groups is 1. The molecular weight excluding hydrogens is 236 g/mol. The number of para-hydroxylation sites is 1. The molecule has 0 bridgehead atoms. The number of carboxylic acids is 1. The minimum atomic E-state index is -1.03. The van der Waals surface area contributed by atoms with E-state index in [4.69, 9.17) is 10.5 Å². The zero-order chi connectivity index (χ0) is 13.1. The highest BCUT2D eigenvalue weighted by atomic mass is 16.5. The van der Waals surface area contributed by atoms with E-state index in [-0.39, 0.29) is 18.2 Å². The lowest BCUT2D eigenvalue weighted by molar-refractivity contribution is 0.0677. The summed E-state index contributed by atoms with van der Waals surface area (Å²) in [5.74, 6) is -1.03. The molecule has 6 nitrogen and oxygen atoms in total. The second kappa shape index (κ2) is 5.24. The molecule has 0 radical (unpaired) electrons. The van der Waals surface area contributed by atoms with Crippen LogP contribution >= 0.6 is 0 Å². The highest BCUT2D eigenvalue weighted by Crippen LogP contribution is 2.30. The van der Waals surface area contributed by atoms with E-state index in [1.807, 2.05) is 4.90 Å². The van der Waals surface area contributed by atoms with Crippen molar-refractivity contribution >= 4 is 17.3 Å². The van der Waals surface area contributed by atoms with Crippen LogP contribution in [-0.2, 0) is 4.74 Å². The topological polar surface area (TPSA) is 96.0 Å². The van der Waals surface area contributed by atoms with Gasteiger partial charge in [0.25, 0.3) is 0 Å². The molecule has 1 saturated heterocycles. The molecule has 1 aliphatic rings. The molecule has 1 aromatic carbocycles. The number of nitrogens with zero attached hydrogens (tertiary/aromatic N) is 1. The van der Waals surface area contributed by atoms with Gasteiger partial charge in [-0.25, -0.2) is 4.79 Å². The first kappa shape index (κ1) is 12.7. The summed E-state index contributed by atoms with van der Waals surface area (Å²) in [6.07, 6.45) is 0. The fraction of sp³-hybridized carbons (Fsp3) is 0.417. The van der Waals surface area contributed by atoms with E-state index in [2.05, 4.69) is 0 Å².